The summed E-state index contributed by atoms with van der Waals surface area (Å²) in [5.74, 6) is 0. The predicted molar refractivity (Wildman–Crippen MR) is 65.6 cm³/mol. The van der Waals surface area contributed by atoms with Gasteiger partial charge in [0.15, 0.2) is 0 Å². The van der Waals surface area contributed by atoms with Gasteiger partial charge in [-0.25, -0.2) is 0 Å². The van der Waals surface area contributed by atoms with Crippen LogP contribution in [0.2, 0.25) is 0 Å². The Kier molecular flexibility index (Phi) is 3.66. The van der Waals surface area contributed by atoms with Crippen LogP contribution < -0.4 is 4.90 Å². The number of anilines is 1. The Morgan fingerprint density at radius 3 is 2.35 bits per heavy atom. The average molecular weight is 308 g/mol. The molecular formula is C12H13BrF3N. The molecule has 0 aliphatic carbocycles. The third-order valence-corrected chi connectivity index (χ3v) is 3.67. The van der Waals surface area contributed by atoms with Gasteiger partial charge in [0.05, 0.1) is 5.56 Å². The highest BCUT2D eigenvalue weighted by atomic mass is 79.9. The fraction of sp³-hybridized carbons (Fsp3) is 0.500. The lowest BCUT2D eigenvalue weighted by atomic mass is 10.1. The second kappa shape index (κ2) is 4.88. The molecule has 0 N–H and O–H groups in total. The first-order valence-corrected chi connectivity index (χ1v) is 6.44. The minimum absolute atomic E-state index is 0.429. The number of benzene rings is 1. The van der Waals surface area contributed by atoms with E-state index in [1.54, 1.807) is 12.1 Å². The molecule has 1 heterocycles. The molecule has 0 saturated carbocycles. The third-order valence-electron chi connectivity index (χ3n) is 2.92. The molecule has 17 heavy (non-hydrogen) atoms. The number of halogens is 4. The topological polar surface area (TPSA) is 3.24 Å². The Labute approximate surface area is 107 Å². The monoisotopic (exact) mass is 307 g/mol. The van der Waals surface area contributed by atoms with Crippen molar-refractivity contribution in [3.05, 3.63) is 29.8 Å². The van der Waals surface area contributed by atoms with E-state index in [1.165, 1.54) is 0 Å². The molecule has 0 aromatic heterocycles. The van der Waals surface area contributed by atoms with Crippen LogP contribution in [0.25, 0.3) is 0 Å². The van der Waals surface area contributed by atoms with Crippen molar-refractivity contribution in [3.8, 4) is 0 Å². The lowest BCUT2D eigenvalue weighted by Crippen LogP contribution is -2.35. The van der Waals surface area contributed by atoms with E-state index >= 15 is 0 Å². The number of nitrogens with zero attached hydrogens (tertiary/aromatic N) is 1. The molecule has 1 saturated heterocycles. The van der Waals surface area contributed by atoms with Gasteiger partial charge in [-0.05, 0) is 37.1 Å². The summed E-state index contributed by atoms with van der Waals surface area (Å²) in [6, 6.07) is 5.39. The summed E-state index contributed by atoms with van der Waals surface area (Å²) < 4.78 is 37.2. The first kappa shape index (κ1) is 12.7. The molecule has 0 bridgehead atoms. The van der Waals surface area contributed by atoms with Crippen LogP contribution in [-0.4, -0.2) is 17.9 Å². The highest BCUT2D eigenvalue weighted by Crippen LogP contribution is 2.31. The number of hydrogen-bond acceptors (Lipinski definition) is 1. The maximum absolute atomic E-state index is 12.4. The van der Waals surface area contributed by atoms with Crippen LogP contribution in [0.1, 0.15) is 18.4 Å². The average Bonchev–Trinajstić information content (AvgIpc) is 2.28. The van der Waals surface area contributed by atoms with Gasteiger partial charge in [-0.3, -0.25) is 0 Å². The highest BCUT2D eigenvalue weighted by Gasteiger charge is 2.30. The van der Waals surface area contributed by atoms with Crippen LogP contribution in [0.5, 0.6) is 0 Å². The largest absolute Gasteiger partial charge is 0.416 e. The summed E-state index contributed by atoms with van der Waals surface area (Å²) in [6.07, 6.45) is -2.06. The molecule has 1 unspecified atom stereocenters. The smallest absolute Gasteiger partial charge is 0.370 e. The fourth-order valence-electron chi connectivity index (χ4n) is 2.02. The molecule has 5 heteroatoms. The maximum atomic E-state index is 12.4. The molecule has 1 aromatic carbocycles. The molecule has 1 aromatic rings. The summed E-state index contributed by atoms with van der Waals surface area (Å²) >= 11 is 3.55. The van der Waals surface area contributed by atoms with E-state index in [-0.39, 0.29) is 0 Å². The first-order valence-electron chi connectivity index (χ1n) is 5.53. The molecule has 0 amide bonds. The van der Waals surface area contributed by atoms with Crippen LogP contribution in [0.15, 0.2) is 24.3 Å². The minimum atomic E-state index is -4.25. The van der Waals surface area contributed by atoms with Crippen molar-refractivity contribution in [2.45, 2.75) is 23.8 Å². The van der Waals surface area contributed by atoms with Crippen molar-refractivity contribution in [1.82, 2.24) is 0 Å². The quantitative estimate of drug-likeness (QED) is 0.707. The van der Waals surface area contributed by atoms with Gasteiger partial charge in [0.25, 0.3) is 0 Å². The standard InChI is InChI=1S/C12H13BrF3N/c13-10-2-1-7-17(8-10)11-5-3-9(4-6-11)12(14,15)16/h3-6,10H,1-2,7-8H2. The summed E-state index contributed by atoms with van der Waals surface area (Å²) in [4.78, 5) is 2.54. The Balaban J connectivity index is 2.12. The van der Waals surface area contributed by atoms with Crippen molar-refractivity contribution >= 4 is 21.6 Å². The predicted octanol–water partition coefficient (Wildman–Crippen LogP) is 4.07. The van der Waals surface area contributed by atoms with E-state index in [4.69, 9.17) is 0 Å². The molecule has 1 nitrogen and oxygen atoms in total. The number of rotatable bonds is 1. The molecule has 94 valence electrons. The summed E-state index contributed by atoms with van der Waals surface area (Å²) in [5, 5.41) is 0. The molecule has 1 aliphatic heterocycles. The minimum Gasteiger partial charge on any atom is -0.370 e. The van der Waals surface area contributed by atoms with E-state index in [2.05, 4.69) is 20.8 Å². The van der Waals surface area contributed by atoms with Crippen molar-refractivity contribution < 1.29 is 13.2 Å². The van der Waals surface area contributed by atoms with Crippen LogP contribution in [0.4, 0.5) is 18.9 Å². The Morgan fingerprint density at radius 2 is 1.82 bits per heavy atom. The zero-order valence-corrected chi connectivity index (χ0v) is 10.8. The molecule has 2 rings (SSSR count). The van der Waals surface area contributed by atoms with E-state index in [0.29, 0.717) is 4.83 Å². The Hall–Kier alpha value is -0.710. The summed E-state index contributed by atoms with van der Waals surface area (Å²) in [6.45, 7) is 1.76. The summed E-state index contributed by atoms with van der Waals surface area (Å²) in [7, 11) is 0. The second-order valence-corrected chi connectivity index (χ2v) is 5.53. The van der Waals surface area contributed by atoms with Crippen LogP contribution >= 0.6 is 15.9 Å². The molecular weight excluding hydrogens is 295 g/mol. The van der Waals surface area contributed by atoms with Gasteiger partial charge in [0.1, 0.15) is 0 Å². The van der Waals surface area contributed by atoms with Gasteiger partial charge in [0.2, 0.25) is 0 Å². The van der Waals surface area contributed by atoms with Crippen molar-refractivity contribution in [3.63, 3.8) is 0 Å². The van der Waals surface area contributed by atoms with Crippen molar-refractivity contribution in [1.29, 1.82) is 0 Å². The molecule has 1 aliphatic rings. The van der Waals surface area contributed by atoms with E-state index in [0.717, 1.165) is 43.8 Å². The third kappa shape index (κ3) is 3.15. The number of piperidine rings is 1. The van der Waals surface area contributed by atoms with Crippen LogP contribution in [0, 0.1) is 0 Å². The normalized spacial score (nSPS) is 21.6. The lowest BCUT2D eigenvalue weighted by Gasteiger charge is -2.32. The van der Waals surface area contributed by atoms with Gasteiger partial charge in [0, 0.05) is 23.6 Å². The fourth-order valence-corrected chi connectivity index (χ4v) is 2.69. The van der Waals surface area contributed by atoms with E-state index < -0.39 is 11.7 Å². The maximum Gasteiger partial charge on any atom is 0.416 e. The van der Waals surface area contributed by atoms with Gasteiger partial charge < -0.3 is 4.90 Å². The van der Waals surface area contributed by atoms with Gasteiger partial charge in [-0.1, -0.05) is 15.9 Å². The summed E-state index contributed by atoms with van der Waals surface area (Å²) in [5.41, 5.74) is 0.274. The molecule has 0 radical (unpaired) electrons. The zero-order valence-electron chi connectivity index (χ0n) is 9.17. The van der Waals surface area contributed by atoms with Gasteiger partial charge >= 0.3 is 6.18 Å². The van der Waals surface area contributed by atoms with Gasteiger partial charge in [-0.15, -0.1) is 0 Å². The van der Waals surface area contributed by atoms with Crippen molar-refractivity contribution in [2.75, 3.05) is 18.0 Å². The van der Waals surface area contributed by atoms with Gasteiger partial charge in [-0.2, -0.15) is 13.2 Å². The second-order valence-electron chi connectivity index (χ2n) is 4.23. The van der Waals surface area contributed by atoms with E-state index in [9.17, 15) is 13.2 Å². The Morgan fingerprint density at radius 1 is 1.18 bits per heavy atom. The molecule has 1 fully saturated rings. The zero-order chi connectivity index (χ0) is 12.5. The van der Waals surface area contributed by atoms with Crippen LogP contribution in [0.3, 0.4) is 0 Å². The Bertz CT molecular complexity index is 374. The number of hydrogen-bond donors (Lipinski definition) is 0. The number of alkyl halides is 4. The van der Waals surface area contributed by atoms with Crippen LogP contribution in [-0.2, 0) is 6.18 Å². The van der Waals surface area contributed by atoms with E-state index in [1.807, 2.05) is 0 Å². The first-order chi connectivity index (χ1) is 7.97. The van der Waals surface area contributed by atoms with Crippen molar-refractivity contribution in [2.24, 2.45) is 0 Å². The highest BCUT2D eigenvalue weighted by molar-refractivity contribution is 9.09. The molecule has 1 atom stereocenters. The molecule has 0 spiro atoms. The lowest BCUT2D eigenvalue weighted by molar-refractivity contribution is -0.137. The SMILES string of the molecule is FC(F)(F)c1ccc(N2CCCC(Br)C2)cc1.